The number of hydrogen-bond acceptors (Lipinski definition) is 4. The lowest BCUT2D eigenvalue weighted by Crippen LogP contribution is -2.44. The van der Waals surface area contributed by atoms with Crippen molar-refractivity contribution in [3.05, 3.63) is 64.0 Å². The second kappa shape index (κ2) is 10.4. The Bertz CT molecular complexity index is 1420. The fraction of sp³-hybridized carbons (Fsp3) is 0.594. The number of pyridine rings is 1. The smallest absolute Gasteiger partial charge is 0.310 e. The number of fused-ring (bicyclic) bond motifs is 1. The molecule has 0 saturated carbocycles. The largest absolute Gasteiger partial charge is 0.410 e. The Morgan fingerprint density at radius 3 is 2.16 bits per heavy atom. The average Bonchev–Trinajstić information content (AvgIpc) is 2.85. The Balaban J connectivity index is 2.01. The van der Waals surface area contributed by atoms with E-state index in [9.17, 15) is 24.5 Å². The molecule has 2 aromatic rings. The highest BCUT2D eigenvalue weighted by Gasteiger charge is 2.65. The second-order valence-electron chi connectivity index (χ2n) is 14.7. The highest BCUT2D eigenvalue weighted by molar-refractivity contribution is 8.45. The van der Waals surface area contributed by atoms with Crippen LogP contribution in [0.4, 0.5) is 19.4 Å². The Labute approximate surface area is 253 Å². The molecule has 1 aliphatic carbocycles. The van der Waals surface area contributed by atoms with Gasteiger partial charge in [0.2, 0.25) is 0 Å². The summed E-state index contributed by atoms with van der Waals surface area (Å²) in [5.74, 6) is -0.136. The number of aliphatic hydroxyl groups is 1. The summed E-state index contributed by atoms with van der Waals surface area (Å²) in [6, 6.07) is 2.60. The predicted octanol–water partition coefficient (Wildman–Crippen LogP) is 10.8. The van der Waals surface area contributed by atoms with Crippen molar-refractivity contribution in [2.24, 2.45) is 5.41 Å². The monoisotopic (exact) mass is 647 g/mol. The number of hydrogen-bond donors (Lipinski definition) is 1. The molecule has 2 atom stereocenters. The molecule has 0 bridgehead atoms. The second-order valence-corrected chi connectivity index (χ2v) is 21.9. The van der Waals surface area contributed by atoms with Gasteiger partial charge in [-0.1, -0.05) is 86.1 Å². The Morgan fingerprint density at radius 2 is 1.67 bits per heavy atom. The van der Waals surface area contributed by atoms with Crippen LogP contribution < -0.4 is 0 Å². The molecule has 0 amide bonds. The molecule has 0 radical (unpaired) electrons. The van der Waals surface area contributed by atoms with Crippen molar-refractivity contribution >= 4 is 24.1 Å². The van der Waals surface area contributed by atoms with Gasteiger partial charge in [-0.2, -0.15) is 0 Å². The van der Waals surface area contributed by atoms with Gasteiger partial charge in [-0.05, 0) is 77.6 Å². The van der Waals surface area contributed by atoms with E-state index in [4.69, 9.17) is 14.1 Å². The fourth-order valence-corrected chi connectivity index (χ4v) is 7.73. The fourth-order valence-electron chi connectivity index (χ4n) is 5.82. The van der Waals surface area contributed by atoms with Crippen LogP contribution in [0, 0.1) is 5.41 Å². The van der Waals surface area contributed by atoms with Gasteiger partial charge in [0.15, 0.2) is 8.32 Å². The molecule has 1 aromatic carbocycles. The van der Waals surface area contributed by atoms with Gasteiger partial charge in [0.1, 0.15) is 11.0 Å². The van der Waals surface area contributed by atoms with Gasteiger partial charge in [0.05, 0.1) is 19.3 Å². The maximum absolute atomic E-state index is 13.5. The minimum Gasteiger partial charge on any atom is -0.410 e. The van der Waals surface area contributed by atoms with Crippen molar-refractivity contribution in [3.8, 4) is 0 Å². The lowest BCUT2D eigenvalue weighted by atomic mass is 9.71. The van der Waals surface area contributed by atoms with Crippen molar-refractivity contribution in [2.45, 2.75) is 109 Å². The van der Waals surface area contributed by atoms with Crippen molar-refractivity contribution in [2.75, 3.05) is 13.2 Å². The van der Waals surface area contributed by atoms with E-state index in [2.05, 4.69) is 47.7 Å². The molecule has 1 N–H and O–H groups in total. The van der Waals surface area contributed by atoms with Gasteiger partial charge in [0, 0.05) is 22.5 Å². The van der Waals surface area contributed by atoms with E-state index in [1.54, 1.807) is 0 Å². The summed E-state index contributed by atoms with van der Waals surface area (Å²) >= 11 is 0. The number of rotatable bonds is 7. The molecule has 4 rings (SSSR count). The van der Waals surface area contributed by atoms with Crippen LogP contribution in [-0.4, -0.2) is 31.6 Å². The number of aliphatic hydroxyl groups excluding tert-OH is 1. The average molecular weight is 648 g/mol. The molecule has 4 nitrogen and oxygen atoms in total. The van der Waals surface area contributed by atoms with Crippen molar-refractivity contribution < 1.29 is 33.7 Å². The molecule has 0 spiro atoms. The first-order valence-corrected chi connectivity index (χ1v) is 19.7. The topological polar surface area (TPSA) is 51.6 Å². The summed E-state index contributed by atoms with van der Waals surface area (Å²) in [4.78, 5) is 3.17. The van der Waals surface area contributed by atoms with E-state index in [0.29, 0.717) is 49.4 Å². The van der Waals surface area contributed by atoms with Crippen LogP contribution in [0.3, 0.4) is 0 Å². The van der Waals surface area contributed by atoms with E-state index in [0.717, 1.165) is 40.9 Å². The van der Waals surface area contributed by atoms with Crippen LogP contribution >= 0.6 is 10.2 Å². The summed E-state index contributed by atoms with van der Waals surface area (Å²) in [5.41, 5.74) is 4.69. The van der Waals surface area contributed by atoms with Gasteiger partial charge in [0.25, 0.3) is 0 Å². The quantitative estimate of drug-likeness (QED) is 0.240. The summed E-state index contributed by atoms with van der Waals surface area (Å²) in [6.07, 6.45) is 2.29. The van der Waals surface area contributed by atoms with Crippen LogP contribution in [0.1, 0.15) is 113 Å². The van der Waals surface area contributed by atoms with Gasteiger partial charge < -0.3 is 14.3 Å². The summed E-state index contributed by atoms with van der Waals surface area (Å²) < 4.78 is 80.2. The molecule has 11 heteroatoms. The third-order valence-electron chi connectivity index (χ3n) is 9.08. The summed E-state index contributed by atoms with van der Waals surface area (Å²) in [6.45, 7) is 20.1. The molecular weight excluding hydrogens is 601 g/mol. The molecule has 0 unspecified atom stereocenters. The van der Waals surface area contributed by atoms with Crippen LogP contribution in [0.25, 0.3) is 5.57 Å². The number of aromatic nitrogens is 1. The third-order valence-corrected chi connectivity index (χ3v) is 14.7. The predicted molar refractivity (Wildman–Crippen MR) is 167 cm³/mol. The van der Waals surface area contributed by atoms with E-state index >= 15 is 0 Å². The molecule has 242 valence electrons. The zero-order valence-electron chi connectivity index (χ0n) is 26.7. The van der Waals surface area contributed by atoms with E-state index < -0.39 is 29.5 Å². The van der Waals surface area contributed by atoms with Crippen molar-refractivity contribution in [1.29, 1.82) is 0 Å². The van der Waals surface area contributed by atoms with Crippen LogP contribution in [0.5, 0.6) is 0 Å². The molecule has 2 heterocycles. The lowest BCUT2D eigenvalue weighted by molar-refractivity contribution is 0.105. The lowest BCUT2D eigenvalue weighted by Gasteiger charge is -2.45. The summed E-state index contributed by atoms with van der Waals surface area (Å²) in [7, 11) is -12.2. The van der Waals surface area contributed by atoms with Gasteiger partial charge in [-0.25, -0.2) is 0 Å². The van der Waals surface area contributed by atoms with E-state index in [-0.39, 0.29) is 28.0 Å². The third kappa shape index (κ3) is 7.21. The number of halogens is 5. The zero-order valence-corrected chi connectivity index (χ0v) is 28.5. The summed E-state index contributed by atoms with van der Waals surface area (Å²) in [5, 5.41) is 11.9. The molecule has 43 heavy (non-hydrogen) atoms. The normalized spacial score (nSPS) is 22.0. The Kier molecular flexibility index (Phi) is 8.22. The van der Waals surface area contributed by atoms with E-state index in [1.807, 2.05) is 19.9 Å². The van der Waals surface area contributed by atoms with Crippen LogP contribution in [0.15, 0.2) is 35.2 Å². The molecule has 1 aromatic heterocycles. The van der Waals surface area contributed by atoms with Crippen LogP contribution in [-0.2, 0) is 15.6 Å². The number of benzene rings is 1. The minimum atomic E-state index is -9.87. The maximum atomic E-state index is 13.5. The van der Waals surface area contributed by atoms with Gasteiger partial charge in [-0.15, -0.1) is 0 Å². The maximum Gasteiger partial charge on any atom is 0.310 e. The molecule has 1 aliphatic heterocycles. The van der Waals surface area contributed by atoms with Crippen molar-refractivity contribution in [3.63, 3.8) is 0 Å². The SMILES string of the molecule is CC(C)c1nc2c(c(C3=CCOCC3)c1[C@H](O)c1ccc(S(F)(F)(F)(F)F)cc1)[C@@H](O[Si](C)(C)C(C)(C)C)CC(C)(C)C2. The van der Waals surface area contributed by atoms with Crippen LogP contribution in [0.2, 0.25) is 18.1 Å². The number of nitrogens with zero attached hydrogens (tertiary/aromatic N) is 1. The zero-order chi connectivity index (χ0) is 32.5. The highest BCUT2D eigenvalue weighted by Crippen LogP contribution is 3.02. The Morgan fingerprint density at radius 1 is 1.07 bits per heavy atom. The minimum absolute atomic E-state index is 0.0644. The highest BCUT2D eigenvalue weighted by atomic mass is 32.5. The standard InChI is InChI=1S/C32H46F5NO3SSi/c1-20(2)29-28(30(39)22-10-12-23(13-11-22)42(33,34,35,36)37)26(21-14-16-40-17-15-21)27-24(38-29)18-32(6,7)19-25(27)41-43(8,9)31(3,4)5/h10-14,20,25,30,39H,15-19H2,1-9H3/t25-,30+/m0/s1. The first kappa shape index (κ1) is 34.1. The molecule has 2 aliphatic rings. The first-order chi connectivity index (χ1) is 19.3. The van der Waals surface area contributed by atoms with Crippen molar-refractivity contribution in [1.82, 2.24) is 4.98 Å². The van der Waals surface area contributed by atoms with Gasteiger partial charge in [-0.3, -0.25) is 4.98 Å². The Hall–Kier alpha value is -1.79. The first-order valence-electron chi connectivity index (χ1n) is 14.8. The molecule has 0 saturated heterocycles. The van der Waals surface area contributed by atoms with E-state index in [1.165, 1.54) is 0 Å². The molecule has 0 fully saturated rings. The van der Waals surface area contributed by atoms with Gasteiger partial charge >= 0.3 is 10.2 Å². The number of ether oxygens (including phenoxy) is 1. The molecular formula is C32H46F5NO3SSi.